The molecule has 0 saturated heterocycles. The van der Waals surface area contributed by atoms with E-state index in [1.54, 1.807) is 0 Å². The molecule has 1 aromatic heterocycles. The fourth-order valence-electron chi connectivity index (χ4n) is 2.11. The van der Waals surface area contributed by atoms with Crippen molar-refractivity contribution in [2.45, 2.75) is 32.9 Å². The van der Waals surface area contributed by atoms with E-state index < -0.39 is 0 Å². The standard InChI is InChI=1S/C16H22N4S/c1-4-12(2)20-10-9-14(18-20)11-19(3)15-7-5-13(6-8-15)16(17)21/h5-10,12H,4,11H2,1-3H3,(H2,17,21). The molecule has 1 aromatic carbocycles. The van der Waals surface area contributed by atoms with Crippen LogP contribution in [-0.2, 0) is 6.54 Å². The second kappa shape index (κ2) is 6.72. The summed E-state index contributed by atoms with van der Waals surface area (Å²) >= 11 is 4.97. The van der Waals surface area contributed by atoms with Gasteiger partial charge in [-0.25, -0.2) is 0 Å². The van der Waals surface area contributed by atoms with Crippen molar-refractivity contribution in [3.8, 4) is 0 Å². The number of anilines is 1. The minimum absolute atomic E-state index is 0.427. The number of thiocarbonyl (C=S) groups is 1. The van der Waals surface area contributed by atoms with E-state index in [0.717, 1.165) is 29.9 Å². The maximum Gasteiger partial charge on any atom is 0.103 e. The Labute approximate surface area is 131 Å². The zero-order chi connectivity index (χ0) is 15.4. The van der Waals surface area contributed by atoms with Gasteiger partial charge in [-0.3, -0.25) is 4.68 Å². The number of benzene rings is 1. The normalized spacial score (nSPS) is 12.1. The quantitative estimate of drug-likeness (QED) is 0.833. The Morgan fingerprint density at radius 2 is 2.00 bits per heavy atom. The second-order valence-corrected chi connectivity index (χ2v) is 5.75. The average molecular weight is 302 g/mol. The van der Waals surface area contributed by atoms with Crippen LogP contribution in [0.3, 0.4) is 0 Å². The van der Waals surface area contributed by atoms with Gasteiger partial charge in [0.1, 0.15) is 4.99 Å². The molecular formula is C16H22N4S. The van der Waals surface area contributed by atoms with Crippen molar-refractivity contribution in [1.82, 2.24) is 9.78 Å². The molecule has 0 aliphatic heterocycles. The highest BCUT2D eigenvalue weighted by Crippen LogP contribution is 2.17. The molecule has 1 atom stereocenters. The van der Waals surface area contributed by atoms with Crippen LogP contribution >= 0.6 is 12.2 Å². The highest BCUT2D eigenvalue weighted by molar-refractivity contribution is 7.80. The molecule has 2 rings (SSSR count). The first-order valence-electron chi connectivity index (χ1n) is 7.16. The van der Waals surface area contributed by atoms with E-state index in [9.17, 15) is 0 Å². The van der Waals surface area contributed by atoms with Crippen LogP contribution in [0.25, 0.3) is 0 Å². The van der Waals surface area contributed by atoms with Gasteiger partial charge < -0.3 is 10.6 Å². The lowest BCUT2D eigenvalue weighted by Crippen LogP contribution is -2.17. The van der Waals surface area contributed by atoms with Crippen LogP contribution in [0, 0.1) is 0 Å². The first-order chi connectivity index (χ1) is 10.0. The summed E-state index contributed by atoms with van der Waals surface area (Å²) in [6.45, 7) is 5.12. The molecule has 0 spiro atoms. The number of aromatic nitrogens is 2. The smallest absolute Gasteiger partial charge is 0.103 e. The van der Waals surface area contributed by atoms with Crippen LogP contribution in [0.1, 0.15) is 37.6 Å². The van der Waals surface area contributed by atoms with E-state index in [1.165, 1.54) is 0 Å². The predicted molar refractivity (Wildman–Crippen MR) is 91.7 cm³/mol. The summed E-state index contributed by atoms with van der Waals surface area (Å²) in [5, 5.41) is 4.63. The maximum absolute atomic E-state index is 5.61. The van der Waals surface area contributed by atoms with Gasteiger partial charge in [-0.15, -0.1) is 0 Å². The zero-order valence-corrected chi connectivity index (χ0v) is 13.6. The average Bonchev–Trinajstić information content (AvgIpc) is 2.95. The molecule has 1 unspecified atom stereocenters. The van der Waals surface area contributed by atoms with Crippen LogP contribution in [0.5, 0.6) is 0 Å². The van der Waals surface area contributed by atoms with Gasteiger partial charge in [0.25, 0.3) is 0 Å². The molecule has 2 aromatic rings. The van der Waals surface area contributed by atoms with Crippen LogP contribution in [-0.4, -0.2) is 21.8 Å². The summed E-state index contributed by atoms with van der Waals surface area (Å²) in [6, 6.07) is 10.5. The summed E-state index contributed by atoms with van der Waals surface area (Å²) in [5.41, 5.74) is 8.69. The Balaban J connectivity index is 2.05. The maximum atomic E-state index is 5.61. The van der Waals surface area contributed by atoms with Gasteiger partial charge >= 0.3 is 0 Å². The summed E-state index contributed by atoms with van der Waals surface area (Å²) in [7, 11) is 2.05. The molecule has 4 nitrogen and oxygen atoms in total. The topological polar surface area (TPSA) is 47.1 Å². The monoisotopic (exact) mass is 302 g/mol. The largest absolute Gasteiger partial charge is 0.389 e. The Bertz CT molecular complexity index is 603. The predicted octanol–water partition coefficient (Wildman–Crippen LogP) is 3.12. The van der Waals surface area contributed by atoms with Crippen LogP contribution < -0.4 is 10.6 Å². The van der Waals surface area contributed by atoms with E-state index in [0.29, 0.717) is 11.0 Å². The van der Waals surface area contributed by atoms with Gasteiger partial charge in [-0.1, -0.05) is 19.1 Å². The van der Waals surface area contributed by atoms with Crippen molar-refractivity contribution in [2.24, 2.45) is 5.73 Å². The molecule has 21 heavy (non-hydrogen) atoms. The fourth-order valence-corrected chi connectivity index (χ4v) is 2.24. The third-order valence-electron chi connectivity index (χ3n) is 3.70. The Morgan fingerprint density at radius 3 is 2.57 bits per heavy atom. The van der Waals surface area contributed by atoms with Crippen LogP contribution in [0.15, 0.2) is 36.5 Å². The Hall–Kier alpha value is -1.88. The highest BCUT2D eigenvalue weighted by Gasteiger charge is 2.08. The molecule has 0 radical (unpaired) electrons. The minimum atomic E-state index is 0.427. The van der Waals surface area contributed by atoms with Gasteiger partial charge in [0.05, 0.1) is 12.2 Å². The molecule has 112 valence electrons. The number of hydrogen-bond acceptors (Lipinski definition) is 3. The number of rotatable bonds is 6. The van der Waals surface area contributed by atoms with Gasteiger partial charge in [0.15, 0.2) is 0 Å². The summed E-state index contributed by atoms with van der Waals surface area (Å²) < 4.78 is 2.03. The van der Waals surface area contributed by atoms with E-state index >= 15 is 0 Å². The van der Waals surface area contributed by atoms with Crippen molar-refractivity contribution in [2.75, 3.05) is 11.9 Å². The lowest BCUT2D eigenvalue weighted by atomic mass is 10.2. The SMILES string of the molecule is CCC(C)n1ccc(CN(C)c2ccc(C(N)=S)cc2)n1. The van der Waals surface area contributed by atoms with Gasteiger partial charge in [0, 0.05) is 30.5 Å². The van der Waals surface area contributed by atoms with Crippen molar-refractivity contribution < 1.29 is 0 Å². The van der Waals surface area contributed by atoms with E-state index in [2.05, 4.69) is 37.0 Å². The van der Waals surface area contributed by atoms with E-state index in [-0.39, 0.29) is 0 Å². The van der Waals surface area contributed by atoms with E-state index in [4.69, 9.17) is 18.0 Å². The molecule has 1 heterocycles. The van der Waals surface area contributed by atoms with Gasteiger partial charge in [-0.2, -0.15) is 5.10 Å². The fraction of sp³-hybridized carbons (Fsp3) is 0.375. The van der Waals surface area contributed by atoms with Crippen molar-refractivity contribution in [3.63, 3.8) is 0 Å². The molecular weight excluding hydrogens is 280 g/mol. The molecule has 0 aliphatic carbocycles. The highest BCUT2D eigenvalue weighted by atomic mass is 32.1. The van der Waals surface area contributed by atoms with Crippen LogP contribution in [0.4, 0.5) is 5.69 Å². The summed E-state index contributed by atoms with van der Waals surface area (Å²) in [4.78, 5) is 2.59. The Kier molecular flexibility index (Phi) is 4.96. The molecule has 0 bridgehead atoms. The molecule has 2 N–H and O–H groups in total. The molecule has 0 aliphatic rings. The molecule has 0 amide bonds. The lowest BCUT2D eigenvalue weighted by molar-refractivity contribution is 0.473. The van der Waals surface area contributed by atoms with Gasteiger partial charge in [0.2, 0.25) is 0 Å². The Morgan fingerprint density at radius 1 is 1.33 bits per heavy atom. The second-order valence-electron chi connectivity index (χ2n) is 5.31. The minimum Gasteiger partial charge on any atom is -0.389 e. The summed E-state index contributed by atoms with van der Waals surface area (Å²) in [5.74, 6) is 0. The van der Waals surface area contributed by atoms with Gasteiger partial charge in [-0.05, 0) is 43.7 Å². The molecule has 0 fully saturated rings. The van der Waals surface area contributed by atoms with Crippen molar-refractivity contribution in [3.05, 3.63) is 47.8 Å². The third kappa shape index (κ3) is 3.82. The first-order valence-corrected chi connectivity index (χ1v) is 7.57. The van der Waals surface area contributed by atoms with E-state index in [1.807, 2.05) is 35.1 Å². The van der Waals surface area contributed by atoms with Crippen molar-refractivity contribution >= 4 is 22.9 Å². The van der Waals surface area contributed by atoms with Crippen molar-refractivity contribution in [1.29, 1.82) is 0 Å². The number of hydrogen-bond donors (Lipinski definition) is 1. The molecule has 0 saturated carbocycles. The number of nitrogens with zero attached hydrogens (tertiary/aromatic N) is 3. The number of nitrogens with two attached hydrogens (primary N) is 1. The third-order valence-corrected chi connectivity index (χ3v) is 3.93. The lowest BCUT2D eigenvalue weighted by Gasteiger charge is -2.18. The van der Waals surface area contributed by atoms with Crippen LogP contribution in [0.2, 0.25) is 0 Å². The molecule has 5 heteroatoms. The first kappa shape index (κ1) is 15.5. The zero-order valence-electron chi connectivity index (χ0n) is 12.8. The summed E-state index contributed by atoms with van der Waals surface area (Å²) in [6.07, 6.45) is 3.13.